The van der Waals surface area contributed by atoms with Crippen molar-refractivity contribution in [2.24, 2.45) is 0 Å². The van der Waals surface area contributed by atoms with E-state index >= 15 is 0 Å². The summed E-state index contributed by atoms with van der Waals surface area (Å²) in [6.07, 6.45) is -0.398. The van der Waals surface area contributed by atoms with E-state index in [2.05, 4.69) is 4.98 Å². The summed E-state index contributed by atoms with van der Waals surface area (Å²) in [6.45, 7) is 3.45. The van der Waals surface area contributed by atoms with Gasteiger partial charge in [-0.15, -0.1) is 11.8 Å². The maximum Gasteiger partial charge on any atom is 0.303 e. The van der Waals surface area contributed by atoms with Crippen molar-refractivity contribution >= 4 is 29.7 Å². The van der Waals surface area contributed by atoms with Crippen molar-refractivity contribution in [3.05, 3.63) is 48.3 Å². The number of esters is 3. The molecule has 1 aromatic carbocycles. The lowest BCUT2D eigenvalue weighted by Gasteiger charge is -2.39. The highest BCUT2D eigenvalue weighted by Gasteiger charge is 2.48. The minimum atomic E-state index is -1.26. The van der Waals surface area contributed by atoms with E-state index in [9.17, 15) is 23.2 Å². The molecule has 0 bridgehead atoms. The fourth-order valence-electron chi connectivity index (χ4n) is 3.28. The Bertz CT molecular complexity index is 1040. The number of ether oxygens (including phenoxy) is 4. The van der Waals surface area contributed by atoms with Gasteiger partial charge in [0.15, 0.2) is 35.3 Å². The predicted molar refractivity (Wildman–Crippen MR) is 113 cm³/mol. The minimum Gasteiger partial charge on any atom is -0.472 e. The summed E-state index contributed by atoms with van der Waals surface area (Å²) in [4.78, 5) is 38.9. The summed E-state index contributed by atoms with van der Waals surface area (Å²) in [6, 6.07) is 5.61. The van der Waals surface area contributed by atoms with Gasteiger partial charge in [0.25, 0.3) is 0 Å². The van der Waals surface area contributed by atoms with Crippen LogP contribution in [-0.2, 0) is 28.6 Å². The van der Waals surface area contributed by atoms with Crippen molar-refractivity contribution in [3.63, 3.8) is 0 Å². The molecule has 1 aliphatic heterocycles. The maximum atomic E-state index is 14.6. The Morgan fingerprint density at radius 3 is 2.24 bits per heavy atom. The van der Waals surface area contributed by atoms with E-state index in [1.165, 1.54) is 25.4 Å². The van der Waals surface area contributed by atoms with Crippen molar-refractivity contribution in [2.45, 2.75) is 44.5 Å². The van der Waals surface area contributed by atoms with Crippen LogP contribution in [0.2, 0.25) is 0 Å². The number of carbonyl (C=O) groups excluding carboxylic acids is 3. The molecule has 11 heteroatoms. The van der Waals surface area contributed by atoms with Crippen LogP contribution in [0.5, 0.6) is 5.75 Å². The Labute approximate surface area is 192 Å². The Hall–Kier alpha value is -3.21. The molecule has 1 aromatic heterocycles. The summed E-state index contributed by atoms with van der Waals surface area (Å²) < 4.78 is 50.5. The molecule has 0 amide bonds. The molecule has 0 radical (unpaired) electrons. The van der Waals surface area contributed by atoms with E-state index in [-0.39, 0.29) is 5.75 Å². The van der Waals surface area contributed by atoms with E-state index in [0.717, 1.165) is 31.7 Å². The van der Waals surface area contributed by atoms with Crippen molar-refractivity contribution in [3.8, 4) is 16.9 Å². The highest BCUT2D eigenvalue weighted by molar-refractivity contribution is 7.99. The molecule has 0 spiro atoms. The minimum absolute atomic E-state index is 0.0896. The van der Waals surface area contributed by atoms with E-state index in [4.69, 9.17) is 18.9 Å². The Morgan fingerprint density at radius 1 is 0.970 bits per heavy atom. The molecule has 1 fully saturated rings. The van der Waals surface area contributed by atoms with Gasteiger partial charge in [0.1, 0.15) is 0 Å². The standard InChI is InChI=1S/C22H21F2NO7S/c1-11(26)29-18-10-33-22(21(31-13(3)28)20(18)30-12(2)27)32-17-8-15(7-16(23)19(17)24)14-5-4-6-25-9-14/h4-9,18,20-22H,10H2,1-3H3/t18-,20+,21-,22+/m1/s1. The number of rotatable bonds is 6. The fourth-order valence-corrected chi connectivity index (χ4v) is 4.49. The molecule has 4 atom stereocenters. The normalized spacial score (nSPS) is 22.2. The molecular formula is C22H21F2NO7S. The largest absolute Gasteiger partial charge is 0.472 e. The lowest BCUT2D eigenvalue weighted by atomic mass is 10.1. The van der Waals surface area contributed by atoms with Gasteiger partial charge in [0, 0.05) is 44.5 Å². The van der Waals surface area contributed by atoms with Crippen LogP contribution in [0.25, 0.3) is 11.1 Å². The highest BCUT2D eigenvalue weighted by atomic mass is 32.2. The Morgan fingerprint density at radius 2 is 1.64 bits per heavy atom. The van der Waals surface area contributed by atoms with Gasteiger partial charge < -0.3 is 18.9 Å². The molecule has 176 valence electrons. The molecule has 3 rings (SSSR count). The number of aromatic nitrogens is 1. The third kappa shape index (κ3) is 6.19. The molecule has 8 nitrogen and oxygen atoms in total. The summed E-state index contributed by atoms with van der Waals surface area (Å²) in [5, 5.41) is 0. The van der Waals surface area contributed by atoms with Crippen molar-refractivity contribution in [1.29, 1.82) is 0 Å². The number of benzene rings is 1. The molecule has 1 saturated heterocycles. The van der Waals surface area contributed by atoms with Crippen LogP contribution in [0.4, 0.5) is 8.78 Å². The average Bonchev–Trinajstić information content (AvgIpc) is 2.74. The molecule has 33 heavy (non-hydrogen) atoms. The van der Waals surface area contributed by atoms with Crippen LogP contribution in [0.1, 0.15) is 20.8 Å². The average molecular weight is 481 g/mol. The number of hydrogen-bond donors (Lipinski definition) is 0. The molecular weight excluding hydrogens is 460 g/mol. The number of halogens is 2. The molecule has 2 aromatic rings. The predicted octanol–water partition coefficient (Wildman–Crippen LogP) is 3.27. The Kier molecular flexibility index (Phi) is 7.85. The molecule has 2 heterocycles. The first-order valence-corrected chi connectivity index (χ1v) is 10.9. The zero-order valence-corrected chi connectivity index (χ0v) is 18.8. The number of carbonyl (C=O) groups is 3. The second-order valence-corrected chi connectivity index (χ2v) is 8.26. The van der Waals surface area contributed by atoms with Crippen LogP contribution in [0, 0.1) is 11.6 Å². The summed E-state index contributed by atoms with van der Waals surface area (Å²) >= 11 is 1.04. The Balaban J connectivity index is 1.95. The smallest absolute Gasteiger partial charge is 0.303 e. The highest BCUT2D eigenvalue weighted by Crippen LogP contribution is 2.36. The quantitative estimate of drug-likeness (QED) is 0.454. The monoisotopic (exact) mass is 481 g/mol. The zero-order chi connectivity index (χ0) is 24.1. The number of pyridine rings is 1. The molecule has 0 saturated carbocycles. The second-order valence-electron chi connectivity index (χ2n) is 7.13. The zero-order valence-electron chi connectivity index (χ0n) is 17.9. The third-order valence-corrected chi connectivity index (χ3v) is 5.75. The van der Waals surface area contributed by atoms with Crippen molar-refractivity contribution < 1.29 is 42.1 Å². The first kappa shape index (κ1) is 24.4. The lowest BCUT2D eigenvalue weighted by Crippen LogP contribution is -2.55. The van der Waals surface area contributed by atoms with Gasteiger partial charge in [-0.25, -0.2) is 4.39 Å². The van der Waals surface area contributed by atoms with Crippen LogP contribution in [-0.4, -0.2) is 52.4 Å². The van der Waals surface area contributed by atoms with Crippen molar-refractivity contribution in [1.82, 2.24) is 4.98 Å². The van der Waals surface area contributed by atoms with E-state index in [0.29, 0.717) is 11.1 Å². The van der Waals surface area contributed by atoms with Crippen LogP contribution in [0.15, 0.2) is 36.7 Å². The summed E-state index contributed by atoms with van der Waals surface area (Å²) in [5.74, 6) is -4.80. The topological polar surface area (TPSA) is 101 Å². The lowest BCUT2D eigenvalue weighted by molar-refractivity contribution is -0.186. The van der Waals surface area contributed by atoms with Gasteiger partial charge in [0.05, 0.1) is 0 Å². The fraction of sp³-hybridized carbons (Fsp3) is 0.364. The van der Waals surface area contributed by atoms with E-state index in [1.54, 1.807) is 12.1 Å². The van der Waals surface area contributed by atoms with Gasteiger partial charge in [-0.1, -0.05) is 6.07 Å². The van der Waals surface area contributed by atoms with Gasteiger partial charge in [-0.2, -0.15) is 4.39 Å². The molecule has 0 N–H and O–H groups in total. The van der Waals surface area contributed by atoms with Gasteiger partial charge in [0.2, 0.25) is 5.82 Å². The van der Waals surface area contributed by atoms with E-state index < -0.39 is 59.0 Å². The van der Waals surface area contributed by atoms with Gasteiger partial charge in [-0.3, -0.25) is 19.4 Å². The maximum absolute atomic E-state index is 14.6. The molecule has 0 aliphatic carbocycles. The number of nitrogens with zero attached hydrogens (tertiary/aromatic N) is 1. The molecule has 0 unspecified atom stereocenters. The SMILES string of the molecule is CC(=O)O[C@@H]1[C@@H](OC(C)=O)[C@@H](Oc2cc(-c3cccnc3)cc(F)c2F)SC[C@H]1OC(C)=O. The second kappa shape index (κ2) is 10.6. The van der Waals surface area contributed by atoms with E-state index in [1.807, 2.05) is 0 Å². The van der Waals surface area contributed by atoms with Crippen LogP contribution < -0.4 is 4.74 Å². The summed E-state index contributed by atoms with van der Waals surface area (Å²) in [5.41, 5.74) is -0.249. The molecule has 1 aliphatic rings. The third-order valence-electron chi connectivity index (χ3n) is 4.54. The van der Waals surface area contributed by atoms with Gasteiger partial charge >= 0.3 is 17.9 Å². The number of thioether (sulfide) groups is 1. The first-order chi connectivity index (χ1) is 15.7. The van der Waals surface area contributed by atoms with Crippen LogP contribution in [0.3, 0.4) is 0 Å². The first-order valence-electron chi connectivity index (χ1n) is 9.85. The van der Waals surface area contributed by atoms with Crippen molar-refractivity contribution in [2.75, 3.05) is 5.75 Å². The summed E-state index contributed by atoms with van der Waals surface area (Å²) in [7, 11) is 0. The number of hydrogen-bond acceptors (Lipinski definition) is 9. The van der Waals surface area contributed by atoms with Gasteiger partial charge in [-0.05, 0) is 23.8 Å². The van der Waals surface area contributed by atoms with Crippen LogP contribution >= 0.6 is 11.8 Å².